The van der Waals surface area contributed by atoms with Crippen LogP contribution in [0.4, 0.5) is 16.5 Å². The van der Waals surface area contributed by atoms with Crippen molar-refractivity contribution in [3.8, 4) is 6.07 Å². The lowest BCUT2D eigenvalue weighted by Gasteiger charge is -2.07. The molecule has 25 heavy (non-hydrogen) atoms. The molecule has 0 fully saturated rings. The molecule has 2 N–H and O–H groups in total. The smallest absolute Gasteiger partial charge is 0.278 e. The van der Waals surface area contributed by atoms with E-state index in [1.165, 1.54) is 17.5 Å². The van der Waals surface area contributed by atoms with Crippen molar-refractivity contribution in [1.29, 1.82) is 5.26 Å². The number of hydrogen-bond donors (Lipinski definition) is 2. The number of nitrogens with one attached hydrogen (secondary N) is 2. The fourth-order valence-corrected chi connectivity index (χ4v) is 2.99. The number of pyridine rings is 2. The van der Waals surface area contributed by atoms with Crippen molar-refractivity contribution in [3.05, 3.63) is 58.6 Å². The van der Waals surface area contributed by atoms with E-state index in [2.05, 4.69) is 25.6 Å². The van der Waals surface area contributed by atoms with Gasteiger partial charge in [0.1, 0.15) is 16.9 Å². The quantitative estimate of drug-likeness (QED) is 0.747. The summed E-state index contributed by atoms with van der Waals surface area (Å²) in [5.41, 5.74) is 2.13. The molecular weight excluding hydrogens is 336 g/mol. The normalized spacial score (nSPS) is 10.1. The van der Waals surface area contributed by atoms with Gasteiger partial charge in [0.05, 0.1) is 22.5 Å². The molecule has 0 aliphatic carbocycles. The minimum atomic E-state index is -0.352. The highest BCUT2D eigenvalue weighted by molar-refractivity contribution is 7.16. The third-order valence-corrected chi connectivity index (χ3v) is 4.09. The number of aromatic nitrogens is 3. The van der Waals surface area contributed by atoms with Crippen LogP contribution in [0.1, 0.15) is 26.8 Å². The predicted molar refractivity (Wildman–Crippen MR) is 96.0 cm³/mol. The molecule has 124 valence electrons. The van der Waals surface area contributed by atoms with Crippen molar-refractivity contribution >= 4 is 33.8 Å². The molecule has 3 heterocycles. The zero-order valence-electron chi connectivity index (χ0n) is 13.6. The third kappa shape index (κ3) is 3.97. The Bertz CT molecular complexity index is 975. The molecule has 0 aliphatic rings. The number of amides is 1. The van der Waals surface area contributed by atoms with Gasteiger partial charge in [-0.25, -0.2) is 9.97 Å². The van der Waals surface area contributed by atoms with E-state index in [0.717, 1.165) is 10.7 Å². The molecular formula is C17H14N6OS. The number of aryl methyl sites for hydroxylation is 2. The lowest BCUT2D eigenvalue weighted by atomic mass is 10.3. The molecule has 0 bridgehead atoms. The molecule has 3 aromatic heterocycles. The van der Waals surface area contributed by atoms with E-state index in [4.69, 9.17) is 5.26 Å². The minimum absolute atomic E-state index is 0.271. The zero-order valence-corrected chi connectivity index (χ0v) is 14.4. The van der Waals surface area contributed by atoms with Crippen molar-refractivity contribution in [2.75, 3.05) is 10.6 Å². The van der Waals surface area contributed by atoms with Crippen LogP contribution in [0.2, 0.25) is 0 Å². The number of nitrogens with zero attached hydrogens (tertiary/aromatic N) is 4. The van der Waals surface area contributed by atoms with Gasteiger partial charge in [0.15, 0.2) is 5.69 Å². The van der Waals surface area contributed by atoms with Crippen LogP contribution >= 0.6 is 11.3 Å². The lowest BCUT2D eigenvalue weighted by molar-refractivity contribution is 0.102. The average Bonchev–Trinajstić information content (AvgIpc) is 2.95. The van der Waals surface area contributed by atoms with E-state index in [0.29, 0.717) is 22.1 Å². The fourth-order valence-electron chi connectivity index (χ4n) is 2.15. The maximum Gasteiger partial charge on any atom is 0.278 e. The van der Waals surface area contributed by atoms with Crippen LogP contribution in [0.15, 0.2) is 36.7 Å². The van der Waals surface area contributed by atoms with Crippen LogP contribution in [0.25, 0.3) is 0 Å². The minimum Gasteiger partial charge on any atom is -0.344 e. The SMILES string of the molecule is Cc1cccc(NC(=O)c2nc(C)sc2Nc2cncc(C#N)c2)n1. The second-order valence-corrected chi connectivity index (χ2v) is 6.43. The first kappa shape index (κ1) is 16.5. The molecule has 0 unspecified atom stereocenters. The summed E-state index contributed by atoms with van der Waals surface area (Å²) in [7, 11) is 0. The number of thiazole rings is 1. The van der Waals surface area contributed by atoms with Crippen LogP contribution < -0.4 is 10.6 Å². The molecule has 0 radical (unpaired) electrons. The van der Waals surface area contributed by atoms with Crippen LogP contribution in [0.5, 0.6) is 0 Å². The highest BCUT2D eigenvalue weighted by Gasteiger charge is 2.18. The summed E-state index contributed by atoms with van der Waals surface area (Å²) in [6.45, 7) is 3.67. The number of anilines is 3. The topological polar surface area (TPSA) is 104 Å². The summed E-state index contributed by atoms with van der Waals surface area (Å²) in [4.78, 5) is 25.1. The van der Waals surface area contributed by atoms with Gasteiger partial charge in [-0.1, -0.05) is 6.07 Å². The molecule has 0 aromatic carbocycles. The number of nitriles is 1. The summed E-state index contributed by atoms with van der Waals surface area (Å²) < 4.78 is 0. The molecule has 0 saturated heterocycles. The van der Waals surface area contributed by atoms with Crippen molar-refractivity contribution in [2.45, 2.75) is 13.8 Å². The number of carbonyl (C=O) groups is 1. The maximum atomic E-state index is 12.6. The fraction of sp³-hybridized carbons (Fsp3) is 0.118. The van der Waals surface area contributed by atoms with Gasteiger partial charge in [-0.3, -0.25) is 9.78 Å². The number of hydrogen-bond acceptors (Lipinski definition) is 7. The number of carbonyl (C=O) groups excluding carboxylic acids is 1. The van der Waals surface area contributed by atoms with Gasteiger partial charge in [-0.2, -0.15) is 5.26 Å². The molecule has 0 saturated carbocycles. The first-order chi connectivity index (χ1) is 12.0. The number of rotatable bonds is 4. The second kappa shape index (κ2) is 7.07. The highest BCUT2D eigenvalue weighted by atomic mass is 32.1. The summed E-state index contributed by atoms with van der Waals surface area (Å²) in [5.74, 6) is 0.115. The molecule has 0 aliphatic heterocycles. The Morgan fingerprint density at radius 1 is 1.24 bits per heavy atom. The van der Waals surface area contributed by atoms with Crippen molar-refractivity contribution < 1.29 is 4.79 Å². The second-order valence-electron chi connectivity index (χ2n) is 5.23. The summed E-state index contributed by atoms with van der Waals surface area (Å²) in [6, 6.07) is 9.08. The molecule has 7 nitrogen and oxygen atoms in total. The van der Waals surface area contributed by atoms with Gasteiger partial charge in [0, 0.05) is 11.9 Å². The lowest BCUT2D eigenvalue weighted by Crippen LogP contribution is -2.15. The summed E-state index contributed by atoms with van der Waals surface area (Å²) >= 11 is 1.35. The van der Waals surface area contributed by atoms with Crippen molar-refractivity contribution in [3.63, 3.8) is 0 Å². The molecule has 3 aromatic rings. The van der Waals surface area contributed by atoms with Crippen molar-refractivity contribution in [2.24, 2.45) is 0 Å². The monoisotopic (exact) mass is 350 g/mol. The van der Waals surface area contributed by atoms with E-state index in [-0.39, 0.29) is 11.6 Å². The molecule has 0 spiro atoms. The van der Waals surface area contributed by atoms with Gasteiger partial charge >= 0.3 is 0 Å². The van der Waals surface area contributed by atoms with E-state index in [9.17, 15) is 4.79 Å². The van der Waals surface area contributed by atoms with E-state index >= 15 is 0 Å². The van der Waals surface area contributed by atoms with Gasteiger partial charge in [-0.15, -0.1) is 11.3 Å². The Hall–Kier alpha value is -3.31. The van der Waals surface area contributed by atoms with Gasteiger partial charge < -0.3 is 10.6 Å². The molecule has 0 atom stereocenters. The largest absolute Gasteiger partial charge is 0.344 e. The average molecular weight is 350 g/mol. The third-order valence-electron chi connectivity index (χ3n) is 3.20. The standard InChI is InChI=1S/C17H14N6OS/c1-10-4-3-5-14(20-10)23-16(24)15-17(25-11(2)21-15)22-13-6-12(7-18)8-19-9-13/h3-6,8-9,22H,1-2H3,(H,20,23,24). The first-order valence-corrected chi connectivity index (χ1v) is 8.21. The summed E-state index contributed by atoms with van der Waals surface area (Å²) in [6.07, 6.45) is 3.06. The van der Waals surface area contributed by atoms with E-state index in [1.54, 1.807) is 18.3 Å². The predicted octanol–water partition coefficient (Wildman–Crippen LogP) is 3.42. The van der Waals surface area contributed by atoms with Crippen molar-refractivity contribution in [1.82, 2.24) is 15.0 Å². The van der Waals surface area contributed by atoms with Crippen LogP contribution in [0.3, 0.4) is 0 Å². The Balaban J connectivity index is 1.85. The zero-order chi connectivity index (χ0) is 17.8. The van der Waals surface area contributed by atoms with Crippen LogP contribution in [-0.2, 0) is 0 Å². The van der Waals surface area contributed by atoms with E-state index in [1.807, 2.05) is 32.0 Å². The molecule has 8 heteroatoms. The van der Waals surface area contributed by atoms with Gasteiger partial charge in [0.25, 0.3) is 5.91 Å². The van der Waals surface area contributed by atoms with E-state index < -0.39 is 0 Å². The van der Waals surface area contributed by atoms with Gasteiger partial charge in [0.2, 0.25) is 0 Å². The first-order valence-electron chi connectivity index (χ1n) is 7.40. The molecule has 3 rings (SSSR count). The summed E-state index contributed by atoms with van der Waals surface area (Å²) in [5, 5.41) is 16.1. The van der Waals surface area contributed by atoms with Crippen LogP contribution in [-0.4, -0.2) is 20.9 Å². The Morgan fingerprint density at radius 3 is 2.84 bits per heavy atom. The van der Waals surface area contributed by atoms with Gasteiger partial charge in [-0.05, 0) is 32.0 Å². The highest BCUT2D eigenvalue weighted by Crippen LogP contribution is 2.28. The Kier molecular flexibility index (Phi) is 4.68. The van der Waals surface area contributed by atoms with Crippen LogP contribution in [0, 0.1) is 25.2 Å². The Morgan fingerprint density at radius 2 is 2.08 bits per heavy atom. The maximum absolute atomic E-state index is 12.6. The molecule has 1 amide bonds. The Labute approximate surface area is 148 Å².